The maximum absolute atomic E-state index is 13.1. The summed E-state index contributed by atoms with van der Waals surface area (Å²) in [6.45, 7) is 5.67. The van der Waals surface area contributed by atoms with Gasteiger partial charge in [-0.3, -0.25) is 9.59 Å². The van der Waals surface area contributed by atoms with E-state index in [1.54, 1.807) is 51.1 Å². The van der Waals surface area contributed by atoms with E-state index in [9.17, 15) is 14.7 Å². The van der Waals surface area contributed by atoms with Crippen molar-refractivity contribution >= 4 is 29.0 Å². The number of aliphatic hydroxyl groups is 1. The molecule has 4 nitrogen and oxygen atoms in total. The van der Waals surface area contributed by atoms with E-state index in [4.69, 9.17) is 11.6 Å². The predicted molar refractivity (Wildman–Crippen MR) is 102 cm³/mol. The molecule has 1 aliphatic heterocycles. The molecule has 0 aromatic heterocycles. The average Bonchev–Trinajstić information content (AvgIpc) is 2.78. The molecule has 1 aliphatic rings. The minimum Gasteiger partial charge on any atom is -0.375 e. The van der Waals surface area contributed by atoms with Crippen LogP contribution in [0.15, 0.2) is 48.5 Å². The fourth-order valence-corrected chi connectivity index (χ4v) is 3.23. The molecule has 2 aromatic carbocycles. The van der Waals surface area contributed by atoms with Gasteiger partial charge < -0.3 is 10.0 Å². The number of carbonyl (C=O) groups excluding carboxylic acids is 2. The van der Waals surface area contributed by atoms with Crippen molar-refractivity contribution in [2.45, 2.75) is 39.3 Å². The molecule has 0 saturated carbocycles. The number of amides is 1. The van der Waals surface area contributed by atoms with E-state index in [0.717, 1.165) is 5.56 Å². The highest BCUT2D eigenvalue weighted by molar-refractivity contribution is 6.30. The second-order valence-electron chi connectivity index (χ2n) is 7.75. The lowest BCUT2D eigenvalue weighted by atomic mass is 9.81. The summed E-state index contributed by atoms with van der Waals surface area (Å²) in [7, 11) is 0. The van der Waals surface area contributed by atoms with Crippen molar-refractivity contribution in [1.82, 2.24) is 0 Å². The molecule has 0 unspecified atom stereocenters. The number of para-hydroxylation sites is 1. The van der Waals surface area contributed by atoms with Gasteiger partial charge >= 0.3 is 0 Å². The maximum Gasteiger partial charge on any atom is 0.264 e. The fourth-order valence-electron chi connectivity index (χ4n) is 3.10. The largest absolute Gasteiger partial charge is 0.375 e. The molecule has 2 aromatic rings. The summed E-state index contributed by atoms with van der Waals surface area (Å²) in [5, 5.41) is 11.8. The van der Waals surface area contributed by atoms with Gasteiger partial charge in [0, 0.05) is 22.4 Å². The number of hydrogen-bond donors (Lipinski definition) is 1. The Balaban J connectivity index is 1.97. The van der Waals surface area contributed by atoms with Crippen molar-refractivity contribution in [3.63, 3.8) is 0 Å². The van der Waals surface area contributed by atoms with Crippen LogP contribution >= 0.6 is 11.6 Å². The Kier molecular flexibility index (Phi) is 4.67. The van der Waals surface area contributed by atoms with Crippen LogP contribution in [0.4, 0.5) is 5.69 Å². The number of rotatable bonds is 4. The molecule has 0 bridgehead atoms. The summed E-state index contributed by atoms with van der Waals surface area (Å²) < 4.78 is 0. The summed E-state index contributed by atoms with van der Waals surface area (Å²) in [6.07, 6.45) is -0.233. The number of benzene rings is 2. The lowest BCUT2D eigenvalue weighted by molar-refractivity contribution is -0.144. The van der Waals surface area contributed by atoms with Crippen molar-refractivity contribution in [2.75, 3.05) is 4.90 Å². The molecule has 0 radical (unpaired) electrons. The maximum atomic E-state index is 13.1. The van der Waals surface area contributed by atoms with Crippen LogP contribution in [0.3, 0.4) is 0 Å². The number of carbonyl (C=O) groups is 2. The summed E-state index contributed by atoms with van der Waals surface area (Å²) in [6, 6.07) is 14.3. The number of fused-ring (bicyclic) bond motifs is 1. The van der Waals surface area contributed by atoms with Crippen LogP contribution in [0.1, 0.15) is 38.3 Å². The molecule has 26 heavy (non-hydrogen) atoms. The molecule has 0 spiro atoms. The van der Waals surface area contributed by atoms with Crippen LogP contribution in [0.25, 0.3) is 0 Å². The standard InChI is InChI=1S/C21H22ClNO3/c1-20(2,3)18(24)12-21(26)16-6-4-5-7-17(16)23(19(21)25)13-14-8-10-15(22)11-9-14/h4-11,26H,12-13H2,1-3H3/t21-/m1/s1. The van der Waals surface area contributed by atoms with E-state index in [-0.39, 0.29) is 12.2 Å². The molecule has 1 atom stereocenters. The summed E-state index contributed by atoms with van der Waals surface area (Å²) in [5.74, 6) is -0.622. The van der Waals surface area contributed by atoms with Crippen molar-refractivity contribution in [3.8, 4) is 0 Å². The van der Waals surface area contributed by atoms with Gasteiger partial charge in [-0.2, -0.15) is 0 Å². The first kappa shape index (κ1) is 18.6. The smallest absolute Gasteiger partial charge is 0.264 e. The number of anilines is 1. The summed E-state index contributed by atoms with van der Waals surface area (Å²) in [5.41, 5.74) is -0.445. The molecule has 0 saturated heterocycles. The molecular weight excluding hydrogens is 350 g/mol. The lowest BCUT2D eigenvalue weighted by Crippen LogP contribution is -2.43. The number of hydrogen-bond acceptors (Lipinski definition) is 3. The minimum atomic E-state index is -1.83. The van der Waals surface area contributed by atoms with Crippen LogP contribution in [-0.2, 0) is 21.7 Å². The molecule has 3 rings (SSSR count). The van der Waals surface area contributed by atoms with E-state index in [1.807, 2.05) is 18.2 Å². The average molecular weight is 372 g/mol. The van der Waals surface area contributed by atoms with E-state index >= 15 is 0 Å². The van der Waals surface area contributed by atoms with Crippen LogP contribution in [0, 0.1) is 5.41 Å². The Morgan fingerprint density at radius 2 is 1.73 bits per heavy atom. The van der Waals surface area contributed by atoms with Gasteiger partial charge in [0.05, 0.1) is 12.2 Å². The third-order valence-electron chi connectivity index (χ3n) is 4.75. The van der Waals surface area contributed by atoms with E-state index in [0.29, 0.717) is 22.8 Å². The Labute approximate surface area is 158 Å². The van der Waals surface area contributed by atoms with Gasteiger partial charge in [-0.05, 0) is 23.8 Å². The zero-order chi connectivity index (χ0) is 19.1. The minimum absolute atomic E-state index is 0.156. The quantitative estimate of drug-likeness (QED) is 0.881. The first-order chi connectivity index (χ1) is 12.1. The fraction of sp³-hybridized carbons (Fsp3) is 0.333. The van der Waals surface area contributed by atoms with Gasteiger partial charge in [0.2, 0.25) is 0 Å². The zero-order valence-corrected chi connectivity index (χ0v) is 15.9. The zero-order valence-electron chi connectivity index (χ0n) is 15.1. The Morgan fingerprint density at radius 3 is 2.35 bits per heavy atom. The Bertz CT molecular complexity index is 854. The Morgan fingerprint density at radius 1 is 1.12 bits per heavy atom. The van der Waals surface area contributed by atoms with E-state index in [1.165, 1.54) is 4.90 Å². The number of Topliss-reactive ketones (excluding diaryl/α,β-unsaturated/α-hetero) is 1. The number of nitrogens with zero attached hydrogens (tertiary/aromatic N) is 1. The van der Waals surface area contributed by atoms with Crippen molar-refractivity contribution in [3.05, 3.63) is 64.7 Å². The number of halogens is 1. The normalized spacial score (nSPS) is 19.6. The van der Waals surface area contributed by atoms with Crippen molar-refractivity contribution < 1.29 is 14.7 Å². The van der Waals surface area contributed by atoms with Gasteiger partial charge in [-0.15, -0.1) is 0 Å². The highest BCUT2D eigenvalue weighted by Gasteiger charge is 2.51. The van der Waals surface area contributed by atoms with Gasteiger partial charge in [0.15, 0.2) is 5.60 Å². The Hall–Kier alpha value is -2.17. The predicted octanol–water partition coefficient (Wildman–Crippen LogP) is 4.08. The molecule has 1 N–H and O–H groups in total. The van der Waals surface area contributed by atoms with E-state index < -0.39 is 16.9 Å². The highest BCUT2D eigenvalue weighted by atomic mass is 35.5. The highest BCUT2D eigenvalue weighted by Crippen LogP contribution is 2.44. The van der Waals surface area contributed by atoms with Crippen molar-refractivity contribution in [2.24, 2.45) is 5.41 Å². The van der Waals surface area contributed by atoms with Gasteiger partial charge in [-0.1, -0.05) is 62.7 Å². The summed E-state index contributed by atoms with van der Waals surface area (Å²) >= 11 is 5.93. The van der Waals surface area contributed by atoms with Gasteiger partial charge in [0.1, 0.15) is 5.78 Å². The molecule has 0 fully saturated rings. The van der Waals surface area contributed by atoms with E-state index in [2.05, 4.69) is 0 Å². The van der Waals surface area contributed by atoms with Gasteiger partial charge in [-0.25, -0.2) is 0 Å². The van der Waals surface area contributed by atoms with Crippen LogP contribution in [0.5, 0.6) is 0 Å². The molecule has 1 heterocycles. The molecular formula is C21H22ClNO3. The first-order valence-corrected chi connectivity index (χ1v) is 8.92. The van der Waals surface area contributed by atoms with Crippen LogP contribution in [0.2, 0.25) is 5.02 Å². The topological polar surface area (TPSA) is 57.6 Å². The van der Waals surface area contributed by atoms with Gasteiger partial charge in [0.25, 0.3) is 5.91 Å². The lowest BCUT2D eigenvalue weighted by Gasteiger charge is -2.26. The summed E-state index contributed by atoms with van der Waals surface area (Å²) in [4.78, 5) is 27.2. The molecule has 0 aliphatic carbocycles. The second kappa shape index (κ2) is 6.53. The van der Waals surface area contributed by atoms with Crippen molar-refractivity contribution in [1.29, 1.82) is 0 Å². The second-order valence-corrected chi connectivity index (χ2v) is 8.18. The van der Waals surface area contributed by atoms with Crippen LogP contribution < -0.4 is 4.90 Å². The third kappa shape index (κ3) is 3.27. The number of ketones is 1. The monoisotopic (exact) mass is 371 g/mol. The molecule has 136 valence electrons. The first-order valence-electron chi connectivity index (χ1n) is 8.54. The third-order valence-corrected chi connectivity index (χ3v) is 5.00. The SMILES string of the molecule is CC(C)(C)C(=O)C[C@]1(O)C(=O)N(Cc2ccc(Cl)cc2)c2ccccc21. The van der Waals surface area contributed by atoms with Crippen LogP contribution in [-0.4, -0.2) is 16.8 Å². The molecule has 5 heteroatoms. The molecule has 1 amide bonds.